The number of imidazole rings is 1. The van der Waals surface area contributed by atoms with Crippen LogP contribution in [0.1, 0.15) is 25.3 Å². The van der Waals surface area contributed by atoms with Gasteiger partial charge in [0.1, 0.15) is 23.9 Å². The number of hydrogen-bond acceptors (Lipinski definition) is 3. The minimum atomic E-state index is 0.426. The van der Waals surface area contributed by atoms with Crippen LogP contribution in [0.5, 0.6) is 11.5 Å². The van der Waals surface area contributed by atoms with E-state index < -0.39 is 0 Å². The second kappa shape index (κ2) is 8.39. The van der Waals surface area contributed by atoms with Gasteiger partial charge in [-0.25, -0.2) is 4.98 Å². The third kappa shape index (κ3) is 3.97. The summed E-state index contributed by atoms with van der Waals surface area (Å²) in [6.45, 7) is 5.67. The van der Waals surface area contributed by atoms with Crippen LogP contribution in [0.3, 0.4) is 0 Å². The first-order valence-electron chi connectivity index (χ1n) is 9.99. The lowest BCUT2D eigenvalue weighted by Gasteiger charge is -2.15. The van der Waals surface area contributed by atoms with Crippen molar-refractivity contribution in [2.45, 2.75) is 26.3 Å². The summed E-state index contributed by atoms with van der Waals surface area (Å²) in [6, 6.07) is 24.5. The molecule has 0 atom stereocenters. The molecule has 3 aromatic carbocycles. The Morgan fingerprint density at radius 3 is 2.38 bits per heavy atom. The highest BCUT2D eigenvalue weighted by Crippen LogP contribution is 2.28. The van der Waals surface area contributed by atoms with Crippen LogP contribution < -0.4 is 9.47 Å². The largest absolute Gasteiger partial charge is 0.497 e. The van der Waals surface area contributed by atoms with Gasteiger partial charge in [0.15, 0.2) is 0 Å². The maximum atomic E-state index is 6.18. The average molecular weight is 386 g/mol. The van der Waals surface area contributed by atoms with Crippen molar-refractivity contribution < 1.29 is 9.47 Å². The van der Waals surface area contributed by atoms with E-state index in [1.54, 1.807) is 7.11 Å². The standard InChI is InChI=1S/C25H26N2O2/c1-18(2)21-8-4-7-11-24(21)29-17-16-27-23-10-6-5-9-22(23)26-25(27)19-12-14-20(28-3)15-13-19/h4-15,18H,16-17H2,1-3H3. The highest BCUT2D eigenvalue weighted by molar-refractivity contribution is 5.80. The summed E-state index contributed by atoms with van der Waals surface area (Å²) in [5, 5.41) is 0. The maximum Gasteiger partial charge on any atom is 0.141 e. The summed E-state index contributed by atoms with van der Waals surface area (Å²) in [5.74, 6) is 3.16. The lowest BCUT2D eigenvalue weighted by atomic mass is 10.0. The molecule has 0 saturated carbocycles. The number of ether oxygens (including phenoxy) is 2. The molecule has 148 valence electrons. The highest BCUT2D eigenvalue weighted by atomic mass is 16.5. The van der Waals surface area contributed by atoms with Crippen LogP contribution in [0.2, 0.25) is 0 Å². The molecule has 4 nitrogen and oxygen atoms in total. The van der Waals surface area contributed by atoms with Crippen LogP contribution in [0.4, 0.5) is 0 Å². The molecule has 0 radical (unpaired) electrons. The van der Waals surface area contributed by atoms with Gasteiger partial charge in [0.25, 0.3) is 0 Å². The number of hydrogen-bond donors (Lipinski definition) is 0. The van der Waals surface area contributed by atoms with Crippen LogP contribution in [0.15, 0.2) is 72.8 Å². The van der Waals surface area contributed by atoms with Gasteiger partial charge in [-0.2, -0.15) is 0 Å². The Balaban J connectivity index is 1.63. The lowest BCUT2D eigenvalue weighted by Crippen LogP contribution is -2.10. The Morgan fingerprint density at radius 1 is 0.897 bits per heavy atom. The Kier molecular flexibility index (Phi) is 5.52. The van der Waals surface area contributed by atoms with E-state index in [0.717, 1.165) is 33.9 Å². The first kappa shape index (κ1) is 19.1. The summed E-state index contributed by atoms with van der Waals surface area (Å²) in [6.07, 6.45) is 0. The summed E-state index contributed by atoms with van der Waals surface area (Å²) in [4.78, 5) is 4.88. The molecular weight excluding hydrogens is 360 g/mol. The number of para-hydroxylation sites is 3. The van der Waals surface area contributed by atoms with E-state index in [1.165, 1.54) is 5.56 Å². The molecular formula is C25H26N2O2. The number of rotatable bonds is 7. The van der Waals surface area contributed by atoms with E-state index in [1.807, 2.05) is 54.6 Å². The van der Waals surface area contributed by atoms with Crippen LogP contribution in [0.25, 0.3) is 22.4 Å². The summed E-state index contributed by atoms with van der Waals surface area (Å²) in [5.41, 5.74) is 4.39. The molecule has 4 aromatic rings. The molecule has 0 N–H and O–H groups in total. The predicted molar refractivity (Wildman–Crippen MR) is 118 cm³/mol. The zero-order valence-electron chi connectivity index (χ0n) is 17.1. The van der Waals surface area contributed by atoms with Gasteiger partial charge in [-0.3, -0.25) is 0 Å². The van der Waals surface area contributed by atoms with Gasteiger partial charge in [0, 0.05) is 5.56 Å². The van der Waals surface area contributed by atoms with E-state index in [0.29, 0.717) is 19.1 Å². The van der Waals surface area contributed by atoms with Crippen molar-refractivity contribution in [2.75, 3.05) is 13.7 Å². The number of methoxy groups -OCH3 is 1. The van der Waals surface area contributed by atoms with E-state index in [2.05, 4.69) is 36.6 Å². The first-order chi connectivity index (χ1) is 14.2. The van der Waals surface area contributed by atoms with Crippen LogP contribution in [-0.2, 0) is 6.54 Å². The molecule has 0 aliphatic carbocycles. The van der Waals surface area contributed by atoms with Gasteiger partial charge in [0.05, 0.1) is 24.7 Å². The van der Waals surface area contributed by atoms with Crippen molar-refractivity contribution in [3.63, 3.8) is 0 Å². The SMILES string of the molecule is COc1ccc(-c2nc3ccccc3n2CCOc2ccccc2C(C)C)cc1. The number of benzene rings is 3. The molecule has 0 saturated heterocycles. The van der Waals surface area contributed by atoms with Gasteiger partial charge in [-0.05, 0) is 53.9 Å². The number of fused-ring (bicyclic) bond motifs is 1. The Hall–Kier alpha value is -3.27. The van der Waals surface area contributed by atoms with E-state index in [4.69, 9.17) is 14.5 Å². The summed E-state index contributed by atoms with van der Waals surface area (Å²) in [7, 11) is 1.68. The van der Waals surface area contributed by atoms with Gasteiger partial charge in [0.2, 0.25) is 0 Å². The van der Waals surface area contributed by atoms with E-state index in [9.17, 15) is 0 Å². The molecule has 0 spiro atoms. The molecule has 29 heavy (non-hydrogen) atoms. The third-order valence-corrected chi connectivity index (χ3v) is 5.12. The number of aromatic nitrogens is 2. The van der Waals surface area contributed by atoms with Crippen molar-refractivity contribution in [3.05, 3.63) is 78.4 Å². The predicted octanol–water partition coefficient (Wildman–Crippen LogP) is 5.91. The summed E-state index contributed by atoms with van der Waals surface area (Å²) >= 11 is 0. The fourth-order valence-corrected chi connectivity index (χ4v) is 3.60. The van der Waals surface area contributed by atoms with Gasteiger partial charge < -0.3 is 14.0 Å². The monoisotopic (exact) mass is 386 g/mol. The highest BCUT2D eigenvalue weighted by Gasteiger charge is 2.13. The first-order valence-corrected chi connectivity index (χ1v) is 9.99. The minimum Gasteiger partial charge on any atom is -0.497 e. The number of nitrogens with zero attached hydrogens (tertiary/aromatic N) is 2. The van der Waals surface area contributed by atoms with Crippen molar-refractivity contribution in [2.24, 2.45) is 0 Å². The fraction of sp³-hybridized carbons (Fsp3) is 0.240. The Morgan fingerprint density at radius 2 is 1.62 bits per heavy atom. The van der Waals surface area contributed by atoms with Gasteiger partial charge in [-0.1, -0.05) is 44.2 Å². The molecule has 0 amide bonds. The van der Waals surface area contributed by atoms with Crippen molar-refractivity contribution in [3.8, 4) is 22.9 Å². The van der Waals surface area contributed by atoms with Crippen LogP contribution in [0, 0.1) is 0 Å². The summed E-state index contributed by atoms with van der Waals surface area (Å²) < 4.78 is 13.7. The van der Waals surface area contributed by atoms with Gasteiger partial charge >= 0.3 is 0 Å². The molecule has 0 unspecified atom stereocenters. The van der Waals surface area contributed by atoms with E-state index >= 15 is 0 Å². The normalized spacial score (nSPS) is 11.2. The van der Waals surface area contributed by atoms with Crippen molar-refractivity contribution in [1.82, 2.24) is 9.55 Å². The Bertz CT molecular complexity index is 1100. The Labute approximate surface area is 171 Å². The molecule has 0 aliphatic rings. The second-order valence-corrected chi connectivity index (χ2v) is 7.35. The van der Waals surface area contributed by atoms with Crippen LogP contribution >= 0.6 is 0 Å². The third-order valence-electron chi connectivity index (χ3n) is 5.12. The van der Waals surface area contributed by atoms with E-state index in [-0.39, 0.29) is 0 Å². The zero-order chi connectivity index (χ0) is 20.2. The fourth-order valence-electron chi connectivity index (χ4n) is 3.60. The quantitative estimate of drug-likeness (QED) is 0.396. The molecule has 0 fully saturated rings. The molecule has 1 heterocycles. The van der Waals surface area contributed by atoms with Crippen molar-refractivity contribution >= 4 is 11.0 Å². The molecule has 4 rings (SSSR count). The van der Waals surface area contributed by atoms with Gasteiger partial charge in [-0.15, -0.1) is 0 Å². The molecule has 1 aromatic heterocycles. The maximum absolute atomic E-state index is 6.18. The lowest BCUT2D eigenvalue weighted by molar-refractivity contribution is 0.297. The second-order valence-electron chi connectivity index (χ2n) is 7.35. The van der Waals surface area contributed by atoms with Crippen molar-refractivity contribution in [1.29, 1.82) is 0 Å². The van der Waals surface area contributed by atoms with Crippen LogP contribution in [-0.4, -0.2) is 23.3 Å². The average Bonchev–Trinajstić information content (AvgIpc) is 3.13. The topological polar surface area (TPSA) is 36.3 Å². The minimum absolute atomic E-state index is 0.426. The molecule has 0 aliphatic heterocycles. The smallest absolute Gasteiger partial charge is 0.141 e. The zero-order valence-corrected chi connectivity index (χ0v) is 17.1. The molecule has 4 heteroatoms. The molecule has 0 bridgehead atoms.